The minimum absolute atomic E-state index is 0.0250. The Morgan fingerprint density at radius 3 is 2.37 bits per heavy atom. The summed E-state index contributed by atoms with van der Waals surface area (Å²) in [5.41, 5.74) is -0.135. The molecule has 1 amide bonds. The fraction of sp³-hybridized carbons (Fsp3) is 0.143. The fourth-order valence-electron chi connectivity index (χ4n) is 3.06. The van der Waals surface area contributed by atoms with Crippen LogP contribution < -0.4 is 10.9 Å². The van der Waals surface area contributed by atoms with Gasteiger partial charge in [-0.2, -0.15) is 0 Å². The summed E-state index contributed by atoms with van der Waals surface area (Å²) < 4.78 is 41.7. The van der Waals surface area contributed by atoms with Crippen molar-refractivity contribution in [1.29, 1.82) is 0 Å². The lowest BCUT2D eigenvalue weighted by atomic mass is 10.2. The van der Waals surface area contributed by atoms with Crippen molar-refractivity contribution < 1.29 is 17.6 Å². The van der Waals surface area contributed by atoms with Crippen LogP contribution >= 0.6 is 15.9 Å². The van der Waals surface area contributed by atoms with Gasteiger partial charge in [-0.05, 0) is 61.9 Å². The summed E-state index contributed by atoms with van der Waals surface area (Å²) in [7, 11) is -4.10. The molecule has 1 N–H and O–H groups in total. The lowest BCUT2D eigenvalue weighted by Gasteiger charge is -2.15. The number of hydrogen-bond acceptors (Lipinski definition) is 4. The Morgan fingerprint density at radius 2 is 1.73 bits per heavy atom. The Labute approximate surface area is 181 Å². The number of amides is 1. The quantitative estimate of drug-likeness (QED) is 0.586. The van der Waals surface area contributed by atoms with Gasteiger partial charge in [0.2, 0.25) is 15.7 Å². The van der Waals surface area contributed by atoms with Crippen LogP contribution in [0.1, 0.15) is 11.3 Å². The first-order valence-corrected chi connectivity index (χ1v) is 11.1. The highest BCUT2D eigenvalue weighted by Crippen LogP contribution is 2.23. The molecule has 0 saturated carbocycles. The number of hydrogen-bond donors (Lipinski definition) is 1. The molecule has 0 aliphatic carbocycles. The Morgan fingerprint density at radius 1 is 1.10 bits per heavy atom. The van der Waals surface area contributed by atoms with Gasteiger partial charge in [0.15, 0.2) is 0 Å². The van der Waals surface area contributed by atoms with Gasteiger partial charge in [-0.3, -0.25) is 9.59 Å². The molecule has 156 valence electrons. The van der Waals surface area contributed by atoms with E-state index in [0.29, 0.717) is 10.2 Å². The Hall–Kier alpha value is -2.78. The van der Waals surface area contributed by atoms with Gasteiger partial charge in [0.25, 0.3) is 5.56 Å². The van der Waals surface area contributed by atoms with Crippen LogP contribution in [-0.2, 0) is 21.2 Å². The minimum Gasteiger partial charge on any atom is -0.322 e. The van der Waals surface area contributed by atoms with Crippen molar-refractivity contribution in [3.05, 3.63) is 86.5 Å². The predicted octanol–water partition coefficient (Wildman–Crippen LogP) is 3.84. The molecular formula is C21H18BrFN2O4S. The smallest absolute Gasteiger partial charge is 0.270 e. The fourth-order valence-corrected chi connectivity index (χ4v) is 4.88. The van der Waals surface area contributed by atoms with Crippen molar-refractivity contribution in [1.82, 2.24) is 4.57 Å². The average Bonchev–Trinajstić information content (AvgIpc) is 2.67. The maximum atomic E-state index is 13.8. The molecule has 3 aromatic rings. The maximum absolute atomic E-state index is 13.8. The van der Waals surface area contributed by atoms with Gasteiger partial charge in [-0.15, -0.1) is 0 Å². The number of aromatic nitrogens is 1. The molecule has 0 fully saturated rings. The second-order valence-electron chi connectivity index (χ2n) is 6.67. The van der Waals surface area contributed by atoms with E-state index < -0.39 is 38.6 Å². The number of para-hydroxylation sites is 1. The molecule has 0 atom stereocenters. The van der Waals surface area contributed by atoms with Crippen molar-refractivity contribution in [3.8, 4) is 0 Å². The molecule has 0 spiro atoms. The number of anilines is 1. The molecule has 3 rings (SSSR count). The van der Waals surface area contributed by atoms with Crippen LogP contribution in [0, 0.1) is 19.7 Å². The Bertz CT molecular complexity index is 1290. The van der Waals surface area contributed by atoms with Crippen LogP contribution in [0.15, 0.2) is 73.7 Å². The zero-order valence-electron chi connectivity index (χ0n) is 16.1. The average molecular weight is 493 g/mol. The van der Waals surface area contributed by atoms with Gasteiger partial charge in [-0.1, -0.05) is 28.1 Å². The summed E-state index contributed by atoms with van der Waals surface area (Å²) in [5.74, 6) is -1.27. The van der Waals surface area contributed by atoms with Gasteiger partial charge >= 0.3 is 0 Å². The lowest BCUT2D eigenvalue weighted by Crippen LogP contribution is -2.33. The zero-order valence-corrected chi connectivity index (χ0v) is 18.6. The molecule has 30 heavy (non-hydrogen) atoms. The molecule has 0 aliphatic heterocycles. The van der Waals surface area contributed by atoms with E-state index in [1.54, 1.807) is 25.1 Å². The van der Waals surface area contributed by atoms with E-state index in [9.17, 15) is 22.4 Å². The molecule has 0 unspecified atom stereocenters. The predicted molar refractivity (Wildman–Crippen MR) is 115 cm³/mol. The molecule has 0 bridgehead atoms. The normalized spacial score (nSPS) is 11.3. The van der Waals surface area contributed by atoms with Crippen molar-refractivity contribution in [3.63, 3.8) is 0 Å². The summed E-state index contributed by atoms with van der Waals surface area (Å²) in [4.78, 5) is 25.0. The summed E-state index contributed by atoms with van der Waals surface area (Å²) in [6.07, 6.45) is 0. The molecule has 1 aromatic heterocycles. The third-order valence-corrected chi connectivity index (χ3v) is 6.95. The Balaban J connectivity index is 2.01. The van der Waals surface area contributed by atoms with Crippen LogP contribution in [0.3, 0.4) is 0 Å². The minimum atomic E-state index is -4.10. The SMILES string of the molecule is Cc1cc(C)n(CC(=O)Nc2ccccc2F)c(=O)c1S(=O)(=O)c1ccc(Br)cc1. The monoisotopic (exact) mass is 492 g/mol. The largest absolute Gasteiger partial charge is 0.322 e. The van der Waals surface area contributed by atoms with Gasteiger partial charge in [0.1, 0.15) is 17.3 Å². The van der Waals surface area contributed by atoms with Gasteiger partial charge < -0.3 is 9.88 Å². The van der Waals surface area contributed by atoms with Gasteiger partial charge in [0, 0.05) is 10.2 Å². The first kappa shape index (κ1) is 21.9. The highest BCUT2D eigenvalue weighted by Gasteiger charge is 2.26. The molecule has 0 radical (unpaired) electrons. The summed E-state index contributed by atoms with van der Waals surface area (Å²) in [6.45, 7) is 2.67. The van der Waals surface area contributed by atoms with Crippen molar-refractivity contribution in [2.45, 2.75) is 30.2 Å². The molecule has 0 saturated heterocycles. The Kier molecular flexibility index (Phi) is 6.23. The third-order valence-electron chi connectivity index (χ3n) is 4.49. The first-order chi connectivity index (χ1) is 14.1. The molecule has 0 aliphatic rings. The number of carbonyl (C=O) groups is 1. The van der Waals surface area contributed by atoms with Crippen molar-refractivity contribution >= 4 is 37.4 Å². The van der Waals surface area contributed by atoms with E-state index >= 15 is 0 Å². The van der Waals surface area contributed by atoms with E-state index in [1.165, 1.54) is 43.3 Å². The number of halogens is 2. The van der Waals surface area contributed by atoms with Gasteiger partial charge in [0.05, 0.1) is 10.6 Å². The van der Waals surface area contributed by atoms with Crippen LogP contribution in [0.2, 0.25) is 0 Å². The highest BCUT2D eigenvalue weighted by atomic mass is 79.9. The topological polar surface area (TPSA) is 85.2 Å². The molecule has 9 heteroatoms. The van der Waals surface area contributed by atoms with Crippen LogP contribution in [-0.4, -0.2) is 18.9 Å². The summed E-state index contributed by atoms with van der Waals surface area (Å²) in [5, 5.41) is 2.40. The van der Waals surface area contributed by atoms with Crippen molar-refractivity contribution in [2.75, 3.05) is 5.32 Å². The van der Waals surface area contributed by atoms with E-state index in [0.717, 1.165) is 4.57 Å². The molecule has 6 nitrogen and oxygen atoms in total. The molecule has 1 heterocycles. The number of sulfone groups is 1. The van der Waals surface area contributed by atoms with Crippen LogP contribution in [0.25, 0.3) is 0 Å². The maximum Gasteiger partial charge on any atom is 0.270 e. The van der Waals surface area contributed by atoms with Gasteiger partial charge in [-0.25, -0.2) is 12.8 Å². The second-order valence-corrected chi connectivity index (χ2v) is 9.48. The zero-order chi connectivity index (χ0) is 22.1. The van der Waals surface area contributed by atoms with E-state index in [1.807, 2.05) is 0 Å². The number of carbonyl (C=O) groups excluding carboxylic acids is 1. The number of benzene rings is 2. The highest BCUT2D eigenvalue weighted by molar-refractivity contribution is 9.10. The number of aryl methyl sites for hydroxylation is 2. The number of nitrogens with one attached hydrogen (secondary N) is 1. The molecule has 2 aromatic carbocycles. The van der Waals surface area contributed by atoms with Crippen LogP contribution in [0.5, 0.6) is 0 Å². The summed E-state index contributed by atoms with van der Waals surface area (Å²) >= 11 is 3.25. The number of rotatable bonds is 5. The van der Waals surface area contributed by atoms with E-state index in [4.69, 9.17) is 0 Å². The summed E-state index contributed by atoms with van der Waals surface area (Å²) in [6, 6.07) is 13.1. The third kappa shape index (κ3) is 4.36. The molecular weight excluding hydrogens is 475 g/mol. The standard InChI is InChI=1S/C21H18BrFN2O4S/c1-13-11-14(2)25(12-19(26)24-18-6-4-3-5-17(18)23)21(27)20(13)30(28,29)16-9-7-15(22)8-10-16/h3-11H,12H2,1-2H3,(H,24,26). The first-order valence-electron chi connectivity index (χ1n) is 8.87. The number of nitrogens with zero attached hydrogens (tertiary/aromatic N) is 1. The number of pyridine rings is 1. The van der Waals surface area contributed by atoms with E-state index in [2.05, 4.69) is 21.2 Å². The van der Waals surface area contributed by atoms with E-state index in [-0.39, 0.29) is 16.1 Å². The van der Waals surface area contributed by atoms with Crippen LogP contribution in [0.4, 0.5) is 10.1 Å². The second kappa shape index (κ2) is 8.53. The van der Waals surface area contributed by atoms with Crippen molar-refractivity contribution in [2.24, 2.45) is 0 Å². The lowest BCUT2D eigenvalue weighted by molar-refractivity contribution is -0.116.